The SMILES string of the molecule is C#CCCC(=O)Nn1cc(Br)cn1. The van der Waals surface area contributed by atoms with Crippen molar-refractivity contribution in [2.75, 3.05) is 5.43 Å². The van der Waals surface area contributed by atoms with Gasteiger partial charge in [-0.1, -0.05) is 0 Å². The van der Waals surface area contributed by atoms with Crippen molar-refractivity contribution in [2.45, 2.75) is 12.8 Å². The van der Waals surface area contributed by atoms with Gasteiger partial charge in [0.15, 0.2) is 0 Å². The van der Waals surface area contributed by atoms with Gasteiger partial charge in [-0.05, 0) is 15.9 Å². The highest BCUT2D eigenvalue weighted by Crippen LogP contribution is 2.04. The topological polar surface area (TPSA) is 46.9 Å². The van der Waals surface area contributed by atoms with E-state index in [0.29, 0.717) is 12.8 Å². The summed E-state index contributed by atoms with van der Waals surface area (Å²) in [6, 6.07) is 0. The molecule has 4 nitrogen and oxygen atoms in total. The van der Waals surface area contributed by atoms with E-state index in [1.165, 1.54) is 4.79 Å². The number of hydrogen-bond acceptors (Lipinski definition) is 2. The third-order valence-corrected chi connectivity index (χ3v) is 1.70. The smallest absolute Gasteiger partial charge is 0.241 e. The number of terminal acetylenes is 1. The fourth-order valence-corrected chi connectivity index (χ4v) is 1.02. The van der Waals surface area contributed by atoms with Crippen LogP contribution in [0.5, 0.6) is 0 Å². The molecule has 0 aliphatic rings. The summed E-state index contributed by atoms with van der Waals surface area (Å²) < 4.78 is 0.810. The number of amides is 1. The van der Waals surface area contributed by atoms with Crippen LogP contribution in [0.15, 0.2) is 16.9 Å². The predicted octanol–water partition coefficient (Wildman–Crippen LogP) is 1.13. The Bertz CT molecular complexity index is 339. The normalized spacial score (nSPS) is 9.23. The zero-order valence-electron chi connectivity index (χ0n) is 6.83. The first kappa shape index (κ1) is 9.81. The molecule has 1 rings (SSSR count). The maximum absolute atomic E-state index is 11.1. The van der Waals surface area contributed by atoms with Gasteiger partial charge in [0.05, 0.1) is 16.9 Å². The Labute approximate surface area is 84.4 Å². The van der Waals surface area contributed by atoms with Crippen molar-refractivity contribution in [2.24, 2.45) is 0 Å². The molecule has 1 heterocycles. The van der Waals surface area contributed by atoms with Crippen LogP contribution in [0, 0.1) is 12.3 Å². The summed E-state index contributed by atoms with van der Waals surface area (Å²) in [6.45, 7) is 0. The summed E-state index contributed by atoms with van der Waals surface area (Å²) in [4.78, 5) is 12.4. The summed E-state index contributed by atoms with van der Waals surface area (Å²) in [5.74, 6) is 2.24. The molecule has 1 N–H and O–H groups in total. The fourth-order valence-electron chi connectivity index (χ4n) is 0.731. The number of carbonyl (C=O) groups is 1. The molecule has 0 bridgehead atoms. The minimum Gasteiger partial charge on any atom is -0.273 e. The number of nitrogens with zero attached hydrogens (tertiary/aromatic N) is 2. The second-order valence-electron chi connectivity index (χ2n) is 2.34. The van der Waals surface area contributed by atoms with E-state index in [0.717, 1.165) is 4.47 Å². The van der Waals surface area contributed by atoms with Gasteiger partial charge in [0, 0.05) is 12.8 Å². The zero-order valence-corrected chi connectivity index (χ0v) is 8.41. The molecular weight excluding hydrogens is 234 g/mol. The van der Waals surface area contributed by atoms with Crippen LogP contribution in [0.2, 0.25) is 0 Å². The molecule has 0 saturated heterocycles. The minimum absolute atomic E-state index is 0.145. The highest BCUT2D eigenvalue weighted by atomic mass is 79.9. The van der Waals surface area contributed by atoms with Crippen LogP contribution < -0.4 is 5.43 Å². The van der Waals surface area contributed by atoms with Gasteiger partial charge in [0.1, 0.15) is 0 Å². The number of carbonyl (C=O) groups excluding carboxylic acids is 1. The molecule has 0 aliphatic carbocycles. The molecule has 0 radical (unpaired) electrons. The number of hydrogen-bond donors (Lipinski definition) is 1. The summed E-state index contributed by atoms with van der Waals surface area (Å²) in [7, 11) is 0. The average molecular weight is 242 g/mol. The van der Waals surface area contributed by atoms with E-state index < -0.39 is 0 Å². The maximum Gasteiger partial charge on any atom is 0.241 e. The highest BCUT2D eigenvalue weighted by Gasteiger charge is 2.00. The van der Waals surface area contributed by atoms with E-state index in [2.05, 4.69) is 32.4 Å². The third kappa shape index (κ3) is 3.30. The number of aromatic nitrogens is 2. The molecule has 5 heteroatoms. The van der Waals surface area contributed by atoms with Gasteiger partial charge in [-0.2, -0.15) is 9.89 Å². The summed E-state index contributed by atoms with van der Waals surface area (Å²) in [6.07, 6.45) is 9.00. The zero-order chi connectivity index (χ0) is 9.68. The van der Waals surface area contributed by atoms with Crippen LogP contribution in [-0.2, 0) is 4.79 Å². The Hall–Kier alpha value is -1.28. The molecule has 0 spiro atoms. The maximum atomic E-state index is 11.1. The Morgan fingerprint density at radius 3 is 3.15 bits per heavy atom. The molecule has 0 unspecified atom stereocenters. The molecule has 1 amide bonds. The molecule has 0 fully saturated rings. The van der Waals surface area contributed by atoms with Crippen molar-refractivity contribution in [3.05, 3.63) is 16.9 Å². The van der Waals surface area contributed by atoms with E-state index in [4.69, 9.17) is 6.42 Å². The molecular formula is C8H8BrN3O. The molecule has 0 atom stereocenters. The van der Waals surface area contributed by atoms with E-state index in [-0.39, 0.29) is 5.91 Å². The number of halogens is 1. The van der Waals surface area contributed by atoms with Crippen molar-refractivity contribution in [1.29, 1.82) is 0 Å². The van der Waals surface area contributed by atoms with Gasteiger partial charge in [-0.3, -0.25) is 4.79 Å². The Morgan fingerprint density at radius 2 is 2.62 bits per heavy atom. The van der Waals surface area contributed by atoms with Gasteiger partial charge < -0.3 is 0 Å². The van der Waals surface area contributed by atoms with Crippen LogP contribution in [0.3, 0.4) is 0 Å². The molecule has 13 heavy (non-hydrogen) atoms. The third-order valence-electron chi connectivity index (χ3n) is 1.29. The van der Waals surface area contributed by atoms with Crippen LogP contribution in [0.1, 0.15) is 12.8 Å². The summed E-state index contributed by atoms with van der Waals surface area (Å²) >= 11 is 3.21. The lowest BCUT2D eigenvalue weighted by atomic mass is 10.3. The first-order valence-corrected chi connectivity index (χ1v) is 4.45. The van der Waals surface area contributed by atoms with Gasteiger partial charge in [0.2, 0.25) is 5.91 Å². The number of rotatable bonds is 3. The largest absolute Gasteiger partial charge is 0.273 e. The van der Waals surface area contributed by atoms with E-state index in [9.17, 15) is 4.79 Å². The van der Waals surface area contributed by atoms with Crippen LogP contribution in [-0.4, -0.2) is 15.8 Å². The molecule has 0 saturated carbocycles. The second-order valence-corrected chi connectivity index (χ2v) is 3.26. The average Bonchev–Trinajstić information content (AvgIpc) is 2.48. The predicted molar refractivity (Wildman–Crippen MR) is 52.4 cm³/mol. The van der Waals surface area contributed by atoms with Crippen molar-refractivity contribution in [1.82, 2.24) is 9.89 Å². The minimum atomic E-state index is -0.145. The van der Waals surface area contributed by atoms with Crippen molar-refractivity contribution in [3.8, 4) is 12.3 Å². The van der Waals surface area contributed by atoms with Crippen LogP contribution in [0.25, 0.3) is 0 Å². The molecule has 1 aromatic heterocycles. The van der Waals surface area contributed by atoms with E-state index in [1.807, 2.05) is 0 Å². The summed E-state index contributed by atoms with van der Waals surface area (Å²) in [5, 5.41) is 3.85. The van der Waals surface area contributed by atoms with Gasteiger partial charge in [0.25, 0.3) is 0 Å². The monoisotopic (exact) mass is 241 g/mol. The first-order valence-electron chi connectivity index (χ1n) is 3.66. The van der Waals surface area contributed by atoms with Gasteiger partial charge in [-0.15, -0.1) is 12.3 Å². The van der Waals surface area contributed by atoms with E-state index >= 15 is 0 Å². The number of nitrogens with one attached hydrogen (secondary N) is 1. The lowest BCUT2D eigenvalue weighted by Gasteiger charge is -2.01. The first-order chi connectivity index (χ1) is 6.22. The van der Waals surface area contributed by atoms with Crippen molar-refractivity contribution < 1.29 is 4.79 Å². The second kappa shape index (κ2) is 4.67. The van der Waals surface area contributed by atoms with Crippen LogP contribution >= 0.6 is 15.9 Å². The Kier molecular flexibility index (Phi) is 3.53. The van der Waals surface area contributed by atoms with E-state index in [1.54, 1.807) is 12.4 Å². The molecule has 0 aromatic carbocycles. The fraction of sp³-hybridized carbons (Fsp3) is 0.250. The summed E-state index contributed by atoms with van der Waals surface area (Å²) in [5.41, 5.74) is 2.54. The Balaban J connectivity index is 2.41. The quantitative estimate of drug-likeness (QED) is 0.807. The Morgan fingerprint density at radius 1 is 1.85 bits per heavy atom. The molecule has 1 aromatic rings. The van der Waals surface area contributed by atoms with Gasteiger partial charge in [-0.25, -0.2) is 5.43 Å². The van der Waals surface area contributed by atoms with Crippen LogP contribution in [0.4, 0.5) is 0 Å². The lowest BCUT2D eigenvalue weighted by Crippen LogP contribution is -2.22. The van der Waals surface area contributed by atoms with Gasteiger partial charge >= 0.3 is 0 Å². The molecule has 68 valence electrons. The standard InChI is InChI=1S/C8H8BrN3O/c1-2-3-4-8(13)11-12-6-7(9)5-10-12/h1,5-6H,3-4H2,(H,11,13). The lowest BCUT2D eigenvalue weighted by molar-refractivity contribution is -0.117. The van der Waals surface area contributed by atoms with Crippen molar-refractivity contribution >= 4 is 21.8 Å². The highest BCUT2D eigenvalue weighted by molar-refractivity contribution is 9.10. The molecule has 0 aliphatic heterocycles. The van der Waals surface area contributed by atoms with Crippen molar-refractivity contribution in [3.63, 3.8) is 0 Å².